The molecule has 2 aromatic rings. The van der Waals surface area contributed by atoms with E-state index in [4.69, 9.17) is 4.42 Å². The first-order chi connectivity index (χ1) is 11.9. The van der Waals surface area contributed by atoms with Crippen LogP contribution in [0.2, 0.25) is 0 Å². The highest BCUT2D eigenvalue weighted by molar-refractivity contribution is 6.00. The normalized spacial score (nSPS) is 12.2. The molecule has 0 spiro atoms. The molecule has 1 amide bonds. The predicted molar refractivity (Wildman–Crippen MR) is 98.3 cm³/mol. The molecule has 0 saturated heterocycles. The molecular formula is C19H23N3O3. The topological polar surface area (TPSA) is 76.2 Å². The molecule has 0 aliphatic carbocycles. The quantitative estimate of drug-likeness (QED) is 0.660. The van der Waals surface area contributed by atoms with Gasteiger partial charge in [-0.25, -0.2) is 4.79 Å². The average molecular weight is 341 g/mol. The van der Waals surface area contributed by atoms with Crippen LogP contribution in [0, 0.1) is 13.8 Å². The van der Waals surface area contributed by atoms with Crippen LogP contribution in [0.3, 0.4) is 0 Å². The van der Waals surface area contributed by atoms with Gasteiger partial charge in [0.25, 0.3) is 0 Å². The lowest BCUT2D eigenvalue weighted by Crippen LogP contribution is -2.22. The largest absolute Gasteiger partial charge is 0.460 e. The molecule has 1 heterocycles. The maximum absolute atomic E-state index is 11.2. The van der Waals surface area contributed by atoms with Crippen molar-refractivity contribution in [3.63, 3.8) is 0 Å². The fourth-order valence-corrected chi connectivity index (χ4v) is 2.24. The number of amides is 1. The number of benzene rings is 1. The Labute approximate surface area is 147 Å². The van der Waals surface area contributed by atoms with E-state index in [-0.39, 0.29) is 0 Å². The van der Waals surface area contributed by atoms with Gasteiger partial charge in [0.1, 0.15) is 17.2 Å². The van der Waals surface area contributed by atoms with Crippen molar-refractivity contribution in [2.45, 2.75) is 34.2 Å². The van der Waals surface area contributed by atoms with Crippen molar-refractivity contribution in [2.24, 2.45) is 10.2 Å². The van der Waals surface area contributed by atoms with E-state index in [2.05, 4.69) is 20.3 Å². The molecule has 0 bridgehead atoms. The Morgan fingerprint density at radius 3 is 2.44 bits per heavy atom. The van der Waals surface area contributed by atoms with Gasteiger partial charge in [0.2, 0.25) is 0 Å². The van der Waals surface area contributed by atoms with Crippen molar-refractivity contribution < 1.29 is 13.9 Å². The first kappa shape index (κ1) is 18.4. The minimum atomic E-state index is -0.445. The minimum absolute atomic E-state index is 0.421. The van der Waals surface area contributed by atoms with Crippen LogP contribution in [0.1, 0.15) is 42.1 Å². The molecule has 0 unspecified atom stereocenters. The molecule has 132 valence electrons. The number of furan rings is 1. The SMILES string of the molecule is COC(=O)NCc1ccc(C(C)=NN=C(C)c2ccc(C)o2)cc1C. The van der Waals surface area contributed by atoms with Crippen molar-refractivity contribution in [1.29, 1.82) is 0 Å². The van der Waals surface area contributed by atoms with Gasteiger partial charge in [0.15, 0.2) is 0 Å². The minimum Gasteiger partial charge on any atom is -0.460 e. The standard InChI is InChI=1S/C19H23N3O3/c1-12-10-16(7-8-17(12)11-20-19(23)24-5)14(3)21-22-15(4)18-9-6-13(2)25-18/h6-10H,11H2,1-5H3,(H,20,23). The number of hydrogen-bond donors (Lipinski definition) is 1. The third-order valence-electron chi connectivity index (χ3n) is 3.82. The van der Waals surface area contributed by atoms with E-state index in [0.29, 0.717) is 6.54 Å². The summed E-state index contributed by atoms with van der Waals surface area (Å²) in [5.74, 6) is 1.56. The zero-order chi connectivity index (χ0) is 18.4. The van der Waals surface area contributed by atoms with Gasteiger partial charge in [0, 0.05) is 6.54 Å². The summed E-state index contributed by atoms with van der Waals surface area (Å²) in [6, 6.07) is 9.73. The summed E-state index contributed by atoms with van der Waals surface area (Å²) in [6.45, 7) is 8.08. The molecule has 1 aromatic heterocycles. The Kier molecular flexibility index (Phi) is 6.11. The molecule has 2 rings (SSSR count). The van der Waals surface area contributed by atoms with E-state index >= 15 is 0 Å². The zero-order valence-electron chi connectivity index (χ0n) is 15.2. The number of carbonyl (C=O) groups excluding carboxylic acids is 1. The van der Waals surface area contributed by atoms with Gasteiger partial charge in [-0.2, -0.15) is 10.2 Å². The van der Waals surface area contributed by atoms with Gasteiger partial charge in [-0.15, -0.1) is 0 Å². The van der Waals surface area contributed by atoms with E-state index in [0.717, 1.165) is 39.6 Å². The number of hydrogen-bond acceptors (Lipinski definition) is 5. The highest BCUT2D eigenvalue weighted by Gasteiger charge is 2.06. The smallest absolute Gasteiger partial charge is 0.407 e. The second kappa shape index (κ2) is 8.28. The van der Waals surface area contributed by atoms with E-state index in [1.807, 2.05) is 58.0 Å². The Bertz CT molecular complexity index is 819. The maximum atomic E-state index is 11.2. The van der Waals surface area contributed by atoms with Crippen LogP contribution in [0.25, 0.3) is 0 Å². The van der Waals surface area contributed by atoms with E-state index < -0.39 is 6.09 Å². The van der Waals surface area contributed by atoms with Crippen LogP contribution in [-0.2, 0) is 11.3 Å². The lowest BCUT2D eigenvalue weighted by molar-refractivity contribution is 0.170. The van der Waals surface area contributed by atoms with Crippen LogP contribution in [0.15, 0.2) is 45.0 Å². The number of nitrogens with one attached hydrogen (secondary N) is 1. The molecule has 0 aliphatic heterocycles. The Morgan fingerprint density at radius 1 is 1.12 bits per heavy atom. The molecule has 6 nitrogen and oxygen atoms in total. The van der Waals surface area contributed by atoms with Crippen LogP contribution in [0.5, 0.6) is 0 Å². The second-order valence-electron chi connectivity index (χ2n) is 5.77. The summed E-state index contributed by atoms with van der Waals surface area (Å²) in [7, 11) is 1.34. The van der Waals surface area contributed by atoms with Crippen molar-refractivity contribution in [3.8, 4) is 0 Å². The van der Waals surface area contributed by atoms with Crippen LogP contribution in [0.4, 0.5) is 4.79 Å². The highest BCUT2D eigenvalue weighted by Crippen LogP contribution is 2.13. The summed E-state index contributed by atoms with van der Waals surface area (Å²) >= 11 is 0. The number of rotatable bonds is 5. The van der Waals surface area contributed by atoms with Crippen LogP contribution < -0.4 is 5.32 Å². The summed E-state index contributed by atoms with van der Waals surface area (Å²) < 4.78 is 10.1. The Hall–Kier alpha value is -2.89. The van der Waals surface area contributed by atoms with Crippen molar-refractivity contribution in [3.05, 3.63) is 58.5 Å². The van der Waals surface area contributed by atoms with Gasteiger partial charge in [-0.05, 0) is 62.6 Å². The summed E-state index contributed by atoms with van der Waals surface area (Å²) in [5.41, 5.74) is 4.59. The number of aryl methyl sites for hydroxylation is 2. The first-order valence-corrected chi connectivity index (χ1v) is 7.98. The van der Waals surface area contributed by atoms with Gasteiger partial charge in [-0.1, -0.05) is 12.1 Å². The summed E-state index contributed by atoms with van der Waals surface area (Å²) in [5, 5.41) is 11.2. The molecule has 1 aromatic carbocycles. The Morgan fingerprint density at radius 2 is 1.84 bits per heavy atom. The van der Waals surface area contributed by atoms with Crippen molar-refractivity contribution in [2.75, 3.05) is 7.11 Å². The lowest BCUT2D eigenvalue weighted by atomic mass is 10.0. The molecule has 0 fully saturated rings. The zero-order valence-corrected chi connectivity index (χ0v) is 15.2. The molecule has 1 N–H and O–H groups in total. The van der Waals surface area contributed by atoms with Gasteiger partial charge in [0.05, 0.1) is 12.8 Å². The van der Waals surface area contributed by atoms with Crippen molar-refractivity contribution >= 4 is 17.5 Å². The van der Waals surface area contributed by atoms with Gasteiger partial charge in [-0.3, -0.25) is 0 Å². The number of alkyl carbamates (subject to hydrolysis) is 1. The van der Waals surface area contributed by atoms with Crippen LogP contribution >= 0.6 is 0 Å². The van der Waals surface area contributed by atoms with E-state index in [1.54, 1.807) is 0 Å². The lowest BCUT2D eigenvalue weighted by Gasteiger charge is -2.09. The van der Waals surface area contributed by atoms with Crippen LogP contribution in [-0.4, -0.2) is 24.6 Å². The summed E-state index contributed by atoms with van der Waals surface area (Å²) in [6.07, 6.45) is -0.445. The molecule has 0 saturated carbocycles. The fourth-order valence-electron chi connectivity index (χ4n) is 2.24. The first-order valence-electron chi connectivity index (χ1n) is 7.98. The maximum Gasteiger partial charge on any atom is 0.407 e. The summed E-state index contributed by atoms with van der Waals surface area (Å²) in [4.78, 5) is 11.2. The van der Waals surface area contributed by atoms with Crippen molar-refractivity contribution in [1.82, 2.24) is 5.32 Å². The average Bonchev–Trinajstić information content (AvgIpc) is 3.04. The fraction of sp³-hybridized carbons (Fsp3) is 0.316. The molecule has 6 heteroatoms. The highest BCUT2D eigenvalue weighted by atomic mass is 16.5. The molecule has 0 radical (unpaired) electrons. The molecule has 0 atom stereocenters. The number of nitrogens with zero attached hydrogens (tertiary/aromatic N) is 2. The van der Waals surface area contributed by atoms with Gasteiger partial charge < -0.3 is 14.5 Å². The van der Waals surface area contributed by atoms with Gasteiger partial charge >= 0.3 is 6.09 Å². The van der Waals surface area contributed by atoms with E-state index in [1.165, 1.54) is 7.11 Å². The molecular weight excluding hydrogens is 318 g/mol. The van der Waals surface area contributed by atoms with E-state index in [9.17, 15) is 4.79 Å². The molecule has 25 heavy (non-hydrogen) atoms. The number of methoxy groups -OCH3 is 1. The third-order valence-corrected chi connectivity index (χ3v) is 3.82. The monoisotopic (exact) mass is 341 g/mol. The second-order valence-corrected chi connectivity index (χ2v) is 5.77. The Balaban J connectivity index is 2.12. The number of ether oxygens (including phenoxy) is 1. The number of carbonyl (C=O) groups is 1. The third kappa shape index (κ3) is 5.04. The molecule has 0 aliphatic rings. The predicted octanol–water partition coefficient (Wildman–Crippen LogP) is 3.99.